The van der Waals surface area contributed by atoms with E-state index < -0.39 is 0 Å². The van der Waals surface area contributed by atoms with Gasteiger partial charge in [-0.05, 0) is 19.1 Å². The quantitative estimate of drug-likeness (QED) is 0.901. The standard InChI is InChI=1S/C13H13FN2O2S/c1-8(6-17)15-12(18)11-7-19-13(16-11)9-4-2-3-5-10(9)14/h2-5,7-8,17H,6H2,1H3,(H,15,18). The maximum atomic E-state index is 13.6. The molecule has 1 aromatic heterocycles. The zero-order chi connectivity index (χ0) is 13.8. The summed E-state index contributed by atoms with van der Waals surface area (Å²) in [4.78, 5) is 15.9. The number of nitrogens with zero attached hydrogens (tertiary/aromatic N) is 1. The van der Waals surface area contributed by atoms with Crippen LogP contribution in [-0.4, -0.2) is 28.6 Å². The van der Waals surface area contributed by atoms with Crippen LogP contribution < -0.4 is 5.32 Å². The lowest BCUT2D eigenvalue weighted by Crippen LogP contribution is -2.35. The van der Waals surface area contributed by atoms with Gasteiger partial charge < -0.3 is 10.4 Å². The number of carbonyl (C=O) groups is 1. The molecule has 4 nitrogen and oxygen atoms in total. The van der Waals surface area contributed by atoms with Gasteiger partial charge in [0.15, 0.2) is 0 Å². The Kier molecular flexibility index (Phi) is 4.24. The maximum absolute atomic E-state index is 13.6. The van der Waals surface area contributed by atoms with E-state index in [-0.39, 0.29) is 30.1 Å². The molecule has 0 aliphatic rings. The highest BCUT2D eigenvalue weighted by Crippen LogP contribution is 2.25. The number of aliphatic hydroxyl groups is 1. The van der Waals surface area contributed by atoms with E-state index in [0.717, 1.165) is 0 Å². The predicted molar refractivity (Wildman–Crippen MR) is 71.5 cm³/mol. The first-order valence-corrected chi connectivity index (χ1v) is 6.62. The fraction of sp³-hybridized carbons (Fsp3) is 0.231. The van der Waals surface area contributed by atoms with Gasteiger partial charge in [0.25, 0.3) is 5.91 Å². The van der Waals surface area contributed by atoms with Crippen LogP contribution >= 0.6 is 11.3 Å². The van der Waals surface area contributed by atoms with Gasteiger partial charge in [-0.25, -0.2) is 9.37 Å². The molecule has 6 heteroatoms. The van der Waals surface area contributed by atoms with Gasteiger partial charge in [-0.15, -0.1) is 11.3 Å². The number of carbonyl (C=O) groups excluding carboxylic acids is 1. The van der Waals surface area contributed by atoms with Crippen LogP contribution in [0.2, 0.25) is 0 Å². The van der Waals surface area contributed by atoms with Crippen LogP contribution in [0.25, 0.3) is 10.6 Å². The molecule has 0 bridgehead atoms. The first-order valence-electron chi connectivity index (χ1n) is 5.74. The summed E-state index contributed by atoms with van der Waals surface area (Å²) in [5.74, 6) is -0.743. The number of thiazole rings is 1. The molecule has 1 aromatic carbocycles. The van der Waals surface area contributed by atoms with Crippen LogP contribution in [0, 0.1) is 5.82 Å². The molecule has 2 rings (SSSR count). The summed E-state index contributed by atoms with van der Waals surface area (Å²) < 4.78 is 13.6. The van der Waals surface area contributed by atoms with E-state index in [1.165, 1.54) is 17.4 Å². The highest BCUT2D eigenvalue weighted by molar-refractivity contribution is 7.13. The summed E-state index contributed by atoms with van der Waals surface area (Å²) >= 11 is 1.21. The predicted octanol–water partition coefficient (Wildman–Crippen LogP) is 2.06. The monoisotopic (exact) mass is 280 g/mol. The second-order valence-corrected chi connectivity index (χ2v) is 4.93. The zero-order valence-electron chi connectivity index (χ0n) is 10.3. The second-order valence-electron chi connectivity index (χ2n) is 4.07. The molecular formula is C13H13FN2O2S. The van der Waals surface area contributed by atoms with Gasteiger partial charge in [-0.1, -0.05) is 12.1 Å². The number of rotatable bonds is 4. The van der Waals surface area contributed by atoms with Crippen LogP contribution in [0.5, 0.6) is 0 Å². The number of amides is 1. The third-order valence-electron chi connectivity index (χ3n) is 2.49. The molecular weight excluding hydrogens is 267 g/mol. The largest absolute Gasteiger partial charge is 0.394 e. The van der Waals surface area contributed by atoms with Gasteiger partial charge in [-0.3, -0.25) is 4.79 Å². The Morgan fingerprint density at radius 3 is 2.95 bits per heavy atom. The van der Waals surface area contributed by atoms with Crippen molar-refractivity contribution in [1.29, 1.82) is 0 Å². The van der Waals surface area contributed by atoms with E-state index >= 15 is 0 Å². The second kappa shape index (κ2) is 5.90. The highest BCUT2D eigenvalue weighted by Gasteiger charge is 2.15. The molecule has 0 saturated carbocycles. The van der Waals surface area contributed by atoms with Gasteiger partial charge >= 0.3 is 0 Å². The number of hydrogen-bond acceptors (Lipinski definition) is 4. The lowest BCUT2D eigenvalue weighted by atomic mass is 10.2. The lowest BCUT2D eigenvalue weighted by molar-refractivity contribution is 0.0918. The average Bonchev–Trinajstić information content (AvgIpc) is 2.88. The minimum Gasteiger partial charge on any atom is -0.394 e. The molecule has 2 N–H and O–H groups in total. The third kappa shape index (κ3) is 3.15. The normalized spacial score (nSPS) is 12.2. The molecule has 0 saturated heterocycles. The molecule has 0 fully saturated rings. The number of halogens is 1. The van der Waals surface area contributed by atoms with Crippen molar-refractivity contribution in [3.8, 4) is 10.6 Å². The SMILES string of the molecule is CC(CO)NC(=O)c1csc(-c2ccccc2F)n1. The van der Waals surface area contributed by atoms with Crippen molar-refractivity contribution >= 4 is 17.2 Å². The minimum atomic E-state index is -0.375. The smallest absolute Gasteiger partial charge is 0.271 e. The Morgan fingerprint density at radius 1 is 1.53 bits per heavy atom. The number of aliphatic hydroxyl groups excluding tert-OH is 1. The molecule has 1 heterocycles. The molecule has 0 aliphatic heterocycles. The molecule has 1 atom stereocenters. The molecule has 1 amide bonds. The Morgan fingerprint density at radius 2 is 2.26 bits per heavy atom. The number of hydrogen-bond donors (Lipinski definition) is 2. The molecule has 2 aromatic rings. The first kappa shape index (κ1) is 13.6. The lowest BCUT2D eigenvalue weighted by Gasteiger charge is -2.08. The summed E-state index contributed by atoms with van der Waals surface area (Å²) in [5, 5.41) is 13.5. The van der Waals surface area contributed by atoms with Crippen molar-refractivity contribution in [3.05, 3.63) is 41.2 Å². The van der Waals surface area contributed by atoms with Crippen LogP contribution in [0.4, 0.5) is 4.39 Å². The van der Waals surface area contributed by atoms with Gasteiger partial charge in [0.05, 0.1) is 6.61 Å². The summed E-state index contributed by atoms with van der Waals surface area (Å²) in [6, 6.07) is 5.94. The minimum absolute atomic E-state index is 0.143. The summed E-state index contributed by atoms with van der Waals surface area (Å²) in [7, 11) is 0. The van der Waals surface area contributed by atoms with E-state index in [1.54, 1.807) is 30.5 Å². The Balaban J connectivity index is 2.20. The van der Waals surface area contributed by atoms with Crippen LogP contribution in [0.3, 0.4) is 0 Å². The van der Waals surface area contributed by atoms with Gasteiger partial charge in [0, 0.05) is 17.0 Å². The molecule has 19 heavy (non-hydrogen) atoms. The van der Waals surface area contributed by atoms with Crippen molar-refractivity contribution in [2.45, 2.75) is 13.0 Å². The van der Waals surface area contributed by atoms with E-state index in [9.17, 15) is 9.18 Å². The van der Waals surface area contributed by atoms with Crippen LogP contribution in [-0.2, 0) is 0 Å². The van der Waals surface area contributed by atoms with Gasteiger partial charge in [-0.2, -0.15) is 0 Å². The van der Waals surface area contributed by atoms with Crippen molar-refractivity contribution in [2.75, 3.05) is 6.61 Å². The average molecular weight is 280 g/mol. The fourth-order valence-electron chi connectivity index (χ4n) is 1.48. The van der Waals surface area contributed by atoms with Crippen molar-refractivity contribution in [2.24, 2.45) is 0 Å². The molecule has 100 valence electrons. The van der Waals surface area contributed by atoms with Crippen molar-refractivity contribution < 1.29 is 14.3 Å². The number of benzene rings is 1. The fourth-order valence-corrected chi connectivity index (χ4v) is 2.31. The Hall–Kier alpha value is -1.79. The molecule has 0 spiro atoms. The van der Waals surface area contributed by atoms with E-state index in [4.69, 9.17) is 5.11 Å². The Labute approximate surface area is 113 Å². The maximum Gasteiger partial charge on any atom is 0.271 e. The number of aromatic nitrogens is 1. The molecule has 0 radical (unpaired) electrons. The number of nitrogens with one attached hydrogen (secondary N) is 1. The van der Waals surface area contributed by atoms with E-state index in [0.29, 0.717) is 10.6 Å². The molecule has 0 aliphatic carbocycles. The summed E-state index contributed by atoms with van der Waals surface area (Å²) in [6.07, 6.45) is 0. The van der Waals surface area contributed by atoms with Gasteiger partial charge in [0.1, 0.15) is 16.5 Å². The van der Waals surface area contributed by atoms with Crippen LogP contribution in [0.1, 0.15) is 17.4 Å². The molecule has 1 unspecified atom stereocenters. The highest BCUT2D eigenvalue weighted by atomic mass is 32.1. The third-order valence-corrected chi connectivity index (χ3v) is 3.37. The topological polar surface area (TPSA) is 62.2 Å². The van der Waals surface area contributed by atoms with E-state index in [2.05, 4.69) is 10.3 Å². The zero-order valence-corrected chi connectivity index (χ0v) is 11.1. The first-order chi connectivity index (χ1) is 9.11. The Bertz CT molecular complexity index is 586. The summed E-state index contributed by atoms with van der Waals surface area (Å²) in [5.41, 5.74) is 0.602. The summed E-state index contributed by atoms with van der Waals surface area (Å²) in [6.45, 7) is 1.54. The van der Waals surface area contributed by atoms with Crippen molar-refractivity contribution in [1.82, 2.24) is 10.3 Å². The van der Waals surface area contributed by atoms with E-state index in [1.807, 2.05) is 0 Å². The van der Waals surface area contributed by atoms with Gasteiger partial charge in [0.2, 0.25) is 0 Å². The van der Waals surface area contributed by atoms with Crippen molar-refractivity contribution in [3.63, 3.8) is 0 Å². The van der Waals surface area contributed by atoms with Crippen LogP contribution in [0.15, 0.2) is 29.6 Å².